The molecule has 1 unspecified atom stereocenters. The molecule has 296 valence electrons. The molecule has 0 aliphatic carbocycles. The van der Waals surface area contributed by atoms with Crippen molar-refractivity contribution < 1.29 is 49.5 Å². The first-order valence-electron chi connectivity index (χ1n) is 15.6. The average molecular weight is 781 g/mol. The van der Waals surface area contributed by atoms with E-state index in [1.54, 1.807) is 0 Å². The molecule has 0 aliphatic rings. The number of rotatable bonds is 18. The summed E-state index contributed by atoms with van der Waals surface area (Å²) < 4.78 is 0. The van der Waals surface area contributed by atoms with Crippen LogP contribution in [-0.4, -0.2) is 125 Å². The zero-order valence-corrected chi connectivity index (χ0v) is 30.0. The molecule has 3 atom stereocenters. The van der Waals surface area contributed by atoms with Crippen molar-refractivity contribution in [3.8, 4) is 0 Å². The molecule has 0 bridgehead atoms. The van der Waals surface area contributed by atoms with Gasteiger partial charge in [0.2, 0.25) is 23.5 Å². The molecular formula is C30H44N12O11S. The average Bonchev–Trinajstić information content (AvgIpc) is 3.14. The lowest BCUT2D eigenvalue weighted by molar-refractivity contribution is -0.162. The van der Waals surface area contributed by atoms with E-state index in [2.05, 4.69) is 53.5 Å². The molecule has 0 saturated heterocycles. The Balaban J connectivity index is 0.00000352. The Bertz CT molecular complexity index is 1820. The van der Waals surface area contributed by atoms with Crippen molar-refractivity contribution >= 4 is 71.0 Å². The van der Waals surface area contributed by atoms with Gasteiger partial charge in [0.05, 0.1) is 18.4 Å². The van der Waals surface area contributed by atoms with Gasteiger partial charge in [0.1, 0.15) is 12.1 Å². The number of hydrogen-bond acceptors (Lipinski definition) is 16. The van der Waals surface area contributed by atoms with E-state index >= 15 is 0 Å². The van der Waals surface area contributed by atoms with Gasteiger partial charge >= 0.3 is 11.9 Å². The number of aliphatic hydroxyl groups is 3. The molecule has 0 spiro atoms. The van der Waals surface area contributed by atoms with Crippen molar-refractivity contribution in [2.45, 2.75) is 50.0 Å². The van der Waals surface area contributed by atoms with E-state index in [1.165, 1.54) is 30.5 Å². The lowest BCUT2D eigenvalue weighted by atomic mass is 10.0. The molecule has 3 rings (SSSR count). The van der Waals surface area contributed by atoms with E-state index in [1.807, 2.05) is 5.32 Å². The van der Waals surface area contributed by atoms with Crippen LogP contribution in [0.2, 0.25) is 0 Å². The fraction of sp³-hybridized carbons (Fsp3) is 0.400. The normalized spacial score (nSPS) is 12.5. The van der Waals surface area contributed by atoms with Crippen LogP contribution in [0.5, 0.6) is 0 Å². The molecule has 0 aliphatic heterocycles. The van der Waals surface area contributed by atoms with E-state index in [4.69, 9.17) is 27.4 Å². The van der Waals surface area contributed by atoms with Crippen molar-refractivity contribution in [3.05, 3.63) is 52.1 Å². The van der Waals surface area contributed by atoms with Crippen LogP contribution < -0.4 is 44.0 Å². The number of carboxylic acid groups (broad SMARTS) is 2. The van der Waals surface area contributed by atoms with Crippen LogP contribution in [0.4, 0.5) is 11.6 Å². The van der Waals surface area contributed by atoms with Crippen LogP contribution >= 0.6 is 12.6 Å². The number of hydrogen-bond donors (Lipinski definition) is 14. The van der Waals surface area contributed by atoms with Crippen molar-refractivity contribution in [1.29, 1.82) is 0 Å². The van der Waals surface area contributed by atoms with Gasteiger partial charge in [0.25, 0.3) is 11.5 Å². The molecule has 0 radical (unpaired) electrons. The molecule has 0 fully saturated rings. The number of nitrogens with zero attached hydrogens (tertiary/aromatic N) is 4. The molecule has 16 N–H and O–H groups in total. The number of anilines is 2. The van der Waals surface area contributed by atoms with Crippen molar-refractivity contribution in [3.63, 3.8) is 0 Å². The Morgan fingerprint density at radius 2 is 1.65 bits per heavy atom. The number of thiol groups is 1. The number of aliphatic hydroxyl groups excluding tert-OH is 2. The largest absolute Gasteiger partial charge is 0.480 e. The zero-order chi connectivity index (χ0) is 41.0. The highest BCUT2D eigenvalue weighted by atomic mass is 32.1. The maximum Gasteiger partial charge on any atom is 0.357 e. The predicted molar refractivity (Wildman–Crippen MR) is 197 cm³/mol. The van der Waals surface area contributed by atoms with Crippen LogP contribution in [0, 0.1) is 0 Å². The van der Waals surface area contributed by atoms with Crippen molar-refractivity contribution in [2.75, 3.05) is 37.6 Å². The van der Waals surface area contributed by atoms with Gasteiger partial charge in [0.15, 0.2) is 17.1 Å². The fourth-order valence-electron chi connectivity index (χ4n) is 4.26. The number of aromatic amines is 1. The third kappa shape index (κ3) is 14.5. The molecule has 54 heavy (non-hydrogen) atoms. The standard InChI is InChI=1S/C28H36N12O9S.2CH4O/c29-26(30)32-9-1-2-16(22(43)37-17(12-50)24(45)46)36-18(41)7-8-28(49,25(47)48)40-21(42)13-3-5-14(6-4-13)33-10-15-11-34-20-19(35-15)23(44)39-27(31)38-20;2*1-2/h3-6,11,16-17,33,49-50H,1-2,7-10,12H2,(H,36,41)(H,37,43)(H,40,42)(H,45,46)(H,47,48)(H4,29,30,32)(H3,31,34,38,39,44);2*2H,1H3/t16-,17-,28?;;/m1../s1. The predicted octanol–water partition coefficient (Wildman–Crippen LogP) is -3.55. The number of nitrogens with one attached hydrogen (secondary N) is 5. The highest BCUT2D eigenvalue weighted by Crippen LogP contribution is 2.15. The van der Waals surface area contributed by atoms with Gasteiger partial charge in [0, 0.05) is 50.6 Å². The maximum absolute atomic E-state index is 12.9. The lowest BCUT2D eigenvalue weighted by Gasteiger charge is -2.25. The van der Waals surface area contributed by atoms with E-state index < -0.39 is 65.9 Å². The SMILES string of the molecule is CO.CO.NC(N)=NCCC[C@@H](NC(=O)CCC(O)(NC(=O)c1ccc(NCc2cnc3nc(N)[nH]c(=O)c3n2)cc1)C(=O)O)C(=O)N[C@H](CS)C(=O)O. The number of fused-ring (bicyclic) bond motifs is 1. The Kier molecular flexibility index (Phi) is 19.3. The second-order valence-corrected chi connectivity index (χ2v) is 11.1. The summed E-state index contributed by atoms with van der Waals surface area (Å²) in [6.07, 6.45) is 0.114. The number of aliphatic carboxylic acids is 2. The third-order valence-electron chi connectivity index (χ3n) is 6.89. The molecule has 3 aromatic rings. The number of H-pyrrole nitrogens is 1. The van der Waals surface area contributed by atoms with Crippen molar-refractivity contribution in [1.82, 2.24) is 35.9 Å². The van der Waals surface area contributed by atoms with Gasteiger partial charge in [-0.05, 0) is 37.1 Å². The van der Waals surface area contributed by atoms with Gasteiger partial charge in [-0.15, -0.1) is 0 Å². The van der Waals surface area contributed by atoms with Crippen molar-refractivity contribution in [2.24, 2.45) is 16.5 Å². The molecule has 2 aromatic heterocycles. The van der Waals surface area contributed by atoms with Crippen LogP contribution in [0.15, 0.2) is 40.2 Å². The number of benzene rings is 1. The van der Waals surface area contributed by atoms with Crippen LogP contribution in [0.25, 0.3) is 11.2 Å². The summed E-state index contributed by atoms with van der Waals surface area (Å²) in [5, 5.41) is 53.3. The molecule has 3 amide bonds. The van der Waals surface area contributed by atoms with E-state index in [0.29, 0.717) is 11.4 Å². The minimum atomic E-state index is -2.89. The molecule has 1 aromatic carbocycles. The van der Waals surface area contributed by atoms with Crippen LogP contribution in [0.3, 0.4) is 0 Å². The molecule has 23 nitrogen and oxygen atoms in total. The van der Waals surface area contributed by atoms with E-state index in [0.717, 1.165) is 14.2 Å². The second kappa shape index (κ2) is 22.7. The quantitative estimate of drug-likeness (QED) is 0.0195. The number of carbonyl (C=O) groups is 5. The van der Waals surface area contributed by atoms with Gasteiger partial charge in [-0.25, -0.2) is 19.6 Å². The maximum atomic E-state index is 12.9. The Morgan fingerprint density at radius 3 is 2.22 bits per heavy atom. The zero-order valence-electron chi connectivity index (χ0n) is 29.1. The third-order valence-corrected chi connectivity index (χ3v) is 7.25. The first-order chi connectivity index (χ1) is 25.6. The lowest BCUT2D eigenvalue weighted by Crippen LogP contribution is -2.55. The van der Waals surface area contributed by atoms with E-state index in [-0.39, 0.29) is 60.3 Å². The molecule has 0 saturated carbocycles. The number of carbonyl (C=O) groups excluding carboxylic acids is 3. The minimum absolute atomic E-state index is 0.00289. The summed E-state index contributed by atoms with van der Waals surface area (Å²) in [7, 11) is 2.00. The summed E-state index contributed by atoms with van der Waals surface area (Å²) >= 11 is 3.89. The van der Waals surface area contributed by atoms with Gasteiger partial charge in [-0.2, -0.15) is 17.6 Å². The highest BCUT2D eigenvalue weighted by molar-refractivity contribution is 7.80. The Morgan fingerprint density at radius 1 is 1.00 bits per heavy atom. The molecule has 2 heterocycles. The van der Waals surface area contributed by atoms with Crippen LogP contribution in [-0.2, 0) is 25.7 Å². The first kappa shape index (κ1) is 45.9. The van der Waals surface area contributed by atoms with E-state index in [9.17, 15) is 44.1 Å². The smallest absolute Gasteiger partial charge is 0.357 e. The Hall–Kier alpha value is -6.11. The summed E-state index contributed by atoms with van der Waals surface area (Å²) in [5.74, 6) is -6.45. The first-order valence-corrected chi connectivity index (χ1v) is 16.3. The number of carboxylic acids is 2. The summed E-state index contributed by atoms with van der Waals surface area (Å²) in [6, 6.07) is 3.04. The van der Waals surface area contributed by atoms with Crippen LogP contribution in [0.1, 0.15) is 41.7 Å². The van der Waals surface area contributed by atoms with Gasteiger partial charge < -0.3 is 64.0 Å². The summed E-state index contributed by atoms with van der Waals surface area (Å²) in [6.45, 7) is 0.224. The second-order valence-electron chi connectivity index (χ2n) is 10.7. The monoisotopic (exact) mass is 780 g/mol. The van der Waals surface area contributed by atoms with Gasteiger partial charge in [-0.1, -0.05) is 0 Å². The molecular weight excluding hydrogens is 736 g/mol. The molecule has 24 heteroatoms. The minimum Gasteiger partial charge on any atom is -0.480 e. The number of guanidine groups is 1. The topological polar surface area (TPSA) is 397 Å². The fourth-order valence-corrected chi connectivity index (χ4v) is 4.51. The number of aliphatic imine (C=N–C) groups is 1. The highest BCUT2D eigenvalue weighted by Gasteiger charge is 2.38. The van der Waals surface area contributed by atoms with Gasteiger partial charge in [-0.3, -0.25) is 29.2 Å². The Labute approximate surface area is 312 Å². The number of nitrogens with two attached hydrogens (primary N) is 3. The summed E-state index contributed by atoms with van der Waals surface area (Å²) in [4.78, 5) is 92.1. The number of amides is 3. The summed E-state index contributed by atoms with van der Waals surface area (Å²) in [5.41, 5.74) is 13.6. The number of aromatic nitrogens is 4. The number of nitrogen functional groups attached to an aromatic ring is 1.